The molecule has 0 fully saturated rings. The lowest BCUT2D eigenvalue weighted by molar-refractivity contribution is -0.114. The summed E-state index contributed by atoms with van der Waals surface area (Å²) in [5, 5.41) is 7.57. The fourth-order valence-corrected chi connectivity index (χ4v) is 1.83. The van der Waals surface area contributed by atoms with Crippen LogP contribution in [0.1, 0.15) is 18.1 Å². The molecule has 1 aliphatic carbocycles. The predicted molar refractivity (Wildman–Crippen MR) is 69.7 cm³/mol. The summed E-state index contributed by atoms with van der Waals surface area (Å²) in [5.41, 5.74) is 2.32. The summed E-state index contributed by atoms with van der Waals surface area (Å²) in [6, 6.07) is 6.16. The second kappa shape index (κ2) is 6.02. The van der Waals surface area contributed by atoms with E-state index in [9.17, 15) is 4.79 Å². The summed E-state index contributed by atoms with van der Waals surface area (Å²) in [6.45, 7) is 1.93. The fourth-order valence-electron chi connectivity index (χ4n) is 1.31. The Hall–Kier alpha value is -0.680. The average molecular weight is 316 g/mol. The molecule has 2 nitrogen and oxygen atoms in total. The molecule has 0 amide bonds. The van der Waals surface area contributed by atoms with Crippen LogP contribution in [0.15, 0.2) is 24.3 Å². The lowest BCUT2D eigenvalue weighted by atomic mass is 9.97. The third-order valence-corrected chi connectivity index (χ3v) is 2.59. The quantitative estimate of drug-likeness (QED) is 0.747. The van der Waals surface area contributed by atoms with E-state index < -0.39 is 0 Å². The highest BCUT2D eigenvalue weighted by molar-refractivity contribution is 14.1. The molecular formula is C12H13IO2. The zero-order valence-electron chi connectivity index (χ0n) is 8.53. The lowest BCUT2D eigenvalue weighted by Gasteiger charge is -2.08. The fraction of sp³-hybridized carbons (Fsp3) is 0.250. The van der Waals surface area contributed by atoms with Gasteiger partial charge in [0.15, 0.2) is 5.78 Å². The van der Waals surface area contributed by atoms with Crippen molar-refractivity contribution in [2.45, 2.75) is 13.3 Å². The van der Waals surface area contributed by atoms with Gasteiger partial charge in [-0.25, -0.2) is 0 Å². The number of ketones is 1. The van der Waals surface area contributed by atoms with Gasteiger partial charge < -0.3 is 5.11 Å². The van der Waals surface area contributed by atoms with Crippen molar-refractivity contribution in [3.05, 3.63) is 39.0 Å². The minimum atomic E-state index is 0.198. The maximum atomic E-state index is 11.0. The van der Waals surface area contributed by atoms with Crippen molar-refractivity contribution in [3.8, 4) is 0 Å². The zero-order valence-corrected chi connectivity index (χ0v) is 10.7. The van der Waals surface area contributed by atoms with E-state index in [1.165, 1.54) is 9.13 Å². The number of benzene rings is 1. The van der Waals surface area contributed by atoms with Crippen LogP contribution in [-0.2, 0) is 11.2 Å². The molecule has 0 radical (unpaired) electrons. The van der Waals surface area contributed by atoms with Gasteiger partial charge in [0.2, 0.25) is 0 Å². The van der Waals surface area contributed by atoms with E-state index in [-0.39, 0.29) is 12.4 Å². The van der Waals surface area contributed by atoms with E-state index in [1.807, 2.05) is 18.2 Å². The van der Waals surface area contributed by atoms with Crippen LogP contribution >= 0.6 is 22.6 Å². The number of aliphatic hydroxyl groups excluding tert-OH is 1. The molecule has 1 aromatic carbocycles. The number of fused-ring (bicyclic) bond motifs is 1. The number of hydrogen-bond acceptors (Lipinski definition) is 2. The Balaban J connectivity index is 0.000000337. The van der Waals surface area contributed by atoms with Gasteiger partial charge in [-0.1, -0.05) is 12.1 Å². The van der Waals surface area contributed by atoms with Crippen LogP contribution in [0.5, 0.6) is 0 Å². The number of rotatable bonds is 0. The Morgan fingerprint density at radius 1 is 1.40 bits per heavy atom. The van der Waals surface area contributed by atoms with Crippen molar-refractivity contribution in [3.63, 3.8) is 0 Å². The Kier molecular flexibility index (Phi) is 4.98. The highest BCUT2D eigenvalue weighted by Gasteiger charge is 2.09. The number of halogens is 1. The van der Waals surface area contributed by atoms with E-state index in [4.69, 9.17) is 5.11 Å². The molecule has 80 valence electrons. The third-order valence-electron chi connectivity index (χ3n) is 1.92. The van der Waals surface area contributed by atoms with Gasteiger partial charge in [0.25, 0.3) is 0 Å². The number of allylic oxidation sites excluding steroid dienone is 1. The molecule has 0 bridgehead atoms. The van der Waals surface area contributed by atoms with Crippen molar-refractivity contribution in [2.75, 3.05) is 6.61 Å². The summed E-state index contributed by atoms with van der Waals surface area (Å²) in [5.74, 6) is 0.198. The first-order valence-electron chi connectivity index (χ1n) is 4.77. The Morgan fingerprint density at radius 2 is 2.07 bits per heavy atom. The maximum Gasteiger partial charge on any atom is 0.160 e. The molecule has 0 atom stereocenters. The second-order valence-electron chi connectivity index (χ2n) is 3.14. The summed E-state index contributed by atoms with van der Waals surface area (Å²) >= 11 is 2.27. The molecule has 0 unspecified atom stereocenters. The van der Waals surface area contributed by atoms with Crippen LogP contribution in [0.25, 0.3) is 6.08 Å². The maximum absolute atomic E-state index is 11.0. The third kappa shape index (κ3) is 3.76. The van der Waals surface area contributed by atoms with E-state index in [0.29, 0.717) is 6.42 Å². The number of hydrogen-bond donors (Lipinski definition) is 1. The van der Waals surface area contributed by atoms with Crippen molar-refractivity contribution in [2.24, 2.45) is 0 Å². The van der Waals surface area contributed by atoms with Crippen LogP contribution in [-0.4, -0.2) is 17.5 Å². The number of aliphatic hydroxyl groups is 1. The standard InChI is InChI=1S/C10H7IO.C2H6O/c11-9-3-1-8-6-10(12)4-2-7(8)5-9;1-2-3/h1-5H,6H2;3H,2H2,1H3. The van der Waals surface area contributed by atoms with E-state index in [2.05, 4.69) is 28.7 Å². The van der Waals surface area contributed by atoms with E-state index >= 15 is 0 Å². The molecule has 0 saturated carbocycles. The molecule has 2 rings (SSSR count). The largest absolute Gasteiger partial charge is 0.397 e. The molecule has 0 spiro atoms. The molecule has 15 heavy (non-hydrogen) atoms. The van der Waals surface area contributed by atoms with Gasteiger partial charge >= 0.3 is 0 Å². The minimum Gasteiger partial charge on any atom is -0.397 e. The lowest BCUT2D eigenvalue weighted by Crippen LogP contribution is -2.04. The van der Waals surface area contributed by atoms with Crippen LogP contribution < -0.4 is 0 Å². The Morgan fingerprint density at radius 3 is 2.73 bits per heavy atom. The predicted octanol–water partition coefficient (Wildman–Crippen LogP) is 2.43. The molecule has 0 heterocycles. The smallest absolute Gasteiger partial charge is 0.160 e. The Bertz CT molecular complexity index is 383. The Labute approximate surface area is 103 Å². The van der Waals surface area contributed by atoms with E-state index in [1.54, 1.807) is 13.0 Å². The number of carbonyl (C=O) groups is 1. The molecule has 1 aromatic rings. The van der Waals surface area contributed by atoms with E-state index in [0.717, 1.165) is 5.56 Å². The minimum absolute atomic E-state index is 0.198. The SMILES string of the molecule is CCO.O=C1C=Cc2cc(I)ccc2C1. The van der Waals surface area contributed by atoms with Gasteiger partial charge in [0.05, 0.1) is 0 Å². The van der Waals surface area contributed by atoms with Gasteiger partial charge in [-0.05, 0) is 58.9 Å². The molecule has 3 heteroatoms. The van der Waals surface area contributed by atoms with Crippen molar-refractivity contribution in [1.82, 2.24) is 0 Å². The van der Waals surface area contributed by atoms with Gasteiger partial charge in [-0.2, -0.15) is 0 Å². The van der Waals surface area contributed by atoms with Gasteiger partial charge in [-0.3, -0.25) is 4.79 Å². The highest BCUT2D eigenvalue weighted by atomic mass is 127. The summed E-state index contributed by atoms with van der Waals surface area (Å²) < 4.78 is 1.21. The topological polar surface area (TPSA) is 37.3 Å². The molecular weight excluding hydrogens is 303 g/mol. The molecule has 0 aromatic heterocycles. The van der Waals surface area contributed by atoms with Gasteiger partial charge in [0.1, 0.15) is 0 Å². The van der Waals surface area contributed by atoms with Gasteiger partial charge in [-0.15, -0.1) is 0 Å². The molecule has 0 saturated heterocycles. The first kappa shape index (κ1) is 12.4. The van der Waals surface area contributed by atoms with Crippen LogP contribution in [0, 0.1) is 3.57 Å². The monoisotopic (exact) mass is 316 g/mol. The molecule has 1 N–H and O–H groups in total. The van der Waals surface area contributed by atoms with Crippen LogP contribution in [0.2, 0.25) is 0 Å². The van der Waals surface area contributed by atoms with Gasteiger partial charge in [0, 0.05) is 16.6 Å². The normalized spacial score (nSPS) is 12.9. The van der Waals surface area contributed by atoms with Crippen molar-refractivity contribution in [1.29, 1.82) is 0 Å². The zero-order chi connectivity index (χ0) is 11.3. The summed E-state index contributed by atoms with van der Waals surface area (Å²) in [4.78, 5) is 11.0. The molecule has 0 aliphatic heterocycles. The van der Waals surface area contributed by atoms with Crippen molar-refractivity contribution >= 4 is 34.5 Å². The first-order chi connectivity index (χ1) is 7.17. The second-order valence-corrected chi connectivity index (χ2v) is 4.38. The average Bonchev–Trinajstić information content (AvgIpc) is 2.20. The van der Waals surface area contributed by atoms with Crippen LogP contribution in [0.3, 0.4) is 0 Å². The molecule has 1 aliphatic rings. The summed E-state index contributed by atoms with van der Waals surface area (Å²) in [7, 11) is 0. The number of carbonyl (C=O) groups excluding carboxylic acids is 1. The highest BCUT2D eigenvalue weighted by Crippen LogP contribution is 2.19. The van der Waals surface area contributed by atoms with Crippen molar-refractivity contribution < 1.29 is 9.90 Å². The van der Waals surface area contributed by atoms with Crippen LogP contribution in [0.4, 0.5) is 0 Å². The first-order valence-corrected chi connectivity index (χ1v) is 5.85. The summed E-state index contributed by atoms with van der Waals surface area (Å²) in [6.07, 6.45) is 4.10.